The molecule has 0 nitrogen and oxygen atoms in total. The maximum atomic E-state index is 2.53. The molecule has 1 heterocycles. The van der Waals surface area contributed by atoms with Crippen LogP contribution in [0.15, 0.2) is 146 Å². The van der Waals surface area contributed by atoms with Crippen molar-refractivity contribution in [1.29, 1.82) is 0 Å². The van der Waals surface area contributed by atoms with Crippen LogP contribution in [0.2, 0.25) is 0 Å². The Morgan fingerprint density at radius 1 is 0.436 bits per heavy atom. The lowest BCUT2D eigenvalue weighted by Gasteiger charge is -2.36. The van der Waals surface area contributed by atoms with Gasteiger partial charge in [-0.2, -0.15) is 0 Å². The molecule has 0 spiro atoms. The zero-order valence-corrected chi connectivity index (χ0v) is 34.1. The van der Waals surface area contributed by atoms with Crippen LogP contribution < -0.4 is 15.9 Å². The number of rotatable bonds is 2. The van der Waals surface area contributed by atoms with E-state index in [9.17, 15) is 0 Å². The third-order valence-electron chi connectivity index (χ3n) is 11.8. The highest BCUT2D eigenvalue weighted by Crippen LogP contribution is 2.49. The number of aryl methyl sites for hydroxylation is 6. The molecule has 0 saturated carbocycles. The molecule has 0 radical (unpaired) electrons. The lowest BCUT2D eigenvalue weighted by molar-refractivity contribution is 0.568. The highest BCUT2D eigenvalue weighted by atomic mass is 31.1. The Labute approximate surface area is 328 Å². The maximum Gasteiger partial charge on any atom is 0.0221 e. The molecular formula is C54H49P. The fraction of sp³-hybridized carbons (Fsp3) is 0.185. The molecule has 0 amide bonds. The predicted octanol–water partition coefficient (Wildman–Crippen LogP) is 12.7. The molecule has 0 aromatic heterocycles. The Kier molecular flexibility index (Phi) is 8.87. The zero-order chi connectivity index (χ0) is 38.0. The van der Waals surface area contributed by atoms with Crippen molar-refractivity contribution >= 4 is 45.4 Å². The molecule has 0 saturated heterocycles. The van der Waals surface area contributed by atoms with Gasteiger partial charge in [0, 0.05) is 5.41 Å². The van der Waals surface area contributed by atoms with Crippen LogP contribution in [-0.2, 0) is 18.3 Å². The van der Waals surface area contributed by atoms with Crippen LogP contribution in [0.1, 0.15) is 68.1 Å². The molecule has 55 heavy (non-hydrogen) atoms. The lowest BCUT2D eigenvalue weighted by Crippen LogP contribution is -2.29. The molecule has 270 valence electrons. The summed E-state index contributed by atoms with van der Waals surface area (Å²) in [6, 6.07) is 57.1. The molecule has 1 heteroatoms. The van der Waals surface area contributed by atoms with Crippen LogP contribution in [0.5, 0.6) is 0 Å². The van der Waals surface area contributed by atoms with Gasteiger partial charge in [-0.25, -0.2) is 0 Å². The molecule has 2 atom stereocenters. The first kappa shape index (κ1) is 35.4. The minimum Gasteiger partial charge on any atom is -0.0616 e. The van der Waals surface area contributed by atoms with Crippen LogP contribution in [0, 0.1) is 41.5 Å². The molecule has 8 aromatic rings. The Bertz CT molecular complexity index is 2760. The van der Waals surface area contributed by atoms with Crippen molar-refractivity contribution in [2.45, 2.75) is 66.7 Å². The third kappa shape index (κ3) is 6.52. The summed E-state index contributed by atoms with van der Waals surface area (Å²) in [5.41, 5.74) is 17.2. The first-order chi connectivity index (χ1) is 26.5. The van der Waals surface area contributed by atoms with Gasteiger partial charge in [-0.05, 0) is 139 Å². The molecule has 0 aliphatic carbocycles. The number of hydrogen-bond donors (Lipinski definition) is 0. The van der Waals surface area contributed by atoms with Crippen molar-refractivity contribution in [3.63, 3.8) is 0 Å². The van der Waals surface area contributed by atoms with E-state index in [0.717, 1.165) is 12.8 Å². The monoisotopic (exact) mass is 728 g/mol. The van der Waals surface area contributed by atoms with E-state index in [1.807, 2.05) is 0 Å². The highest BCUT2D eigenvalue weighted by Gasteiger charge is 2.35. The van der Waals surface area contributed by atoms with Gasteiger partial charge in [-0.3, -0.25) is 0 Å². The van der Waals surface area contributed by atoms with E-state index in [0.29, 0.717) is 0 Å². The van der Waals surface area contributed by atoms with E-state index in [1.165, 1.54) is 110 Å². The summed E-state index contributed by atoms with van der Waals surface area (Å²) in [4.78, 5) is 0. The van der Waals surface area contributed by atoms with Crippen molar-refractivity contribution in [2.75, 3.05) is 0 Å². The topological polar surface area (TPSA) is 0 Å². The van der Waals surface area contributed by atoms with Crippen LogP contribution in [0.25, 0.3) is 32.7 Å². The Morgan fingerprint density at radius 3 is 1.58 bits per heavy atom. The normalized spacial score (nSPS) is 16.7. The summed E-state index contributed by atoms with van der Waals surface area (Å²) in [5.74, 6) is 0. The molecule has 8 aromatic carbocycles. The third-order valence-corrected chi connectivity index (χ3v) is 14.2. The molecular weight excluding hydrogens is 680 g/mol. The predicted molar refractivity (Wildman–Crippen MR) is 240 cm³/mol. The Hall–Kier alpha value is -5.29. The van der Waals surface area contributed by atoms with Gasteiger partial charge < -0.3 is 0 Å². The van der Waals surface area contributed by atoms with E-state index in [2.05, 4.69) is 194 Å². The van der Waals surface area contributed by atoms with E-state index in [4.69, 9.17) is 0 Å². The van der Waals surface area contributed by atoms with Crippen LogP contribution >= 0.6 is 7.92 Å². The standard InChI is InChI=1S/C54H49P/c1-34-20-35(2)26-45(25-34)54(7)33-42-24-38(5)22-40(31-42)30-41-23-39(6)29-47(32-41)55(46-27-36(3)21-37(4)28-46)51-19-17-44-13-9-11-15-49(44)53(51)52-48-14-10-8-12-43(48)16-18-50(52)54/h8-29,31-32H,30,33H2,1-7H3. The fourth-order valence-corrected chi connectivity index (χ4v) is 12.6. The van der Waals surface area contributed by atoms with Gasteiger partial charge in [0.15, 0.2) is 0 Å². The molecule has 1 aliphatic rings. The largest absolute Gasteiger partial charge is 0.0616 e. The van der Waals surface area contributed by atoms with Crippen molar-refractivity contribution in [2.24, 2.45) is 0 Å². The second-order valence-corrected chi connectivity index (χ2v) is 18.8. The average molecular weight is 729 g/mol. The Balaban J connectivity index is 1.51. The summed E-state index contributed by atoms with van der Waals surface area (Å²) in [6.45, 7) is 16.1. The first-order valence-electron chi connectivity index (χ1n) is 19.7. The zero-order valence-electron chi connectivity index (χ0n) is 33.2. The molecule has 0 fully saturated rings. The van der Waals surface area contributed by atoms with Crippen molar-refractivity contribution in [1.82, 2.24) is 0 Å². The van der Waals surface area contributed by atoms with Crippen LogP contribution in [0.3, 0.4) is 0 Å². The summed E-state index contributed by atoms with van der Waals surface area (Å²) in [6.07, 6.45) is 1.80. The van der Waals surface area contributed by atoms with Gasteiger partial charge in [0.2, 0.25) is 0 Å². The van der Waals surface area contributed by atoms with Crippen molar-refractivity contribution in [3.8, 4) is 11.1 Å². The second kappa shape index (κ2) is 13.8. The molecule has 2 unspecified atom stereocenters. The summed E-state index contributed by atoms with van der Waals surface area (Å²) >= 11 is 0. The minimum absolute atomic E-state index is 0.340. The van der Waals surface area contributed by atoms with Crippen molar-refractivity contribution in [3.05, 3.63) is 207 Å². The number of benzene rings is 8. The lowest BCUT2D eigenvalue weighted by atomic mass is 9.68. The van der Waals surface area contributed by atoms with Crippen molar-refractivity contribution < 1.29 is 0 Å². The van der Waals surface area contributed by atoms with Gasteiger partial charge >= 0.3 is 0 Å². The molecule has 1 aliphatic heterocycles. The summed E-state index contributed by atoms with van der Waals surface area (Å²) in [5, 5.41) is 9.41. The number of fused-ring (bicyclic) bond motifs is 11. The van der Waals surface area contributed by atoms with E-state index in [1.54, 1.807) is 0 Å². The summed E-state index contributed by atoms with van der Waals surface area (Å²) < 4.78 is 0. The second-order valence-electron chi connectivity index (χ2n) is 16.6. The van der Waals surface area contributed by atoms with Gasteiger partial charge in [0.05, 0.1) is 0 Å². The van der Waals surface area contributed by atoms with Gasteiger partial charge in [0.25, 0.3) is 0 Å². The average Bonchev–Trinajstić information content (AvgIpc) is 3.13. The smallest absolute Gasteiger partial charge is 0.0221 e. The fourth-order valence-electron chi connectivity index (χ4n) is 9.73. The molecule has 9 rings (SSSR count). The van der Waals surface area contributed by atoms with Gasteiger partial charge in [-0.15, -0.1) is 0 Å². The minimum atomic E-state index is -0.962. The van der Waals surface area contributed by atoms with E-state index >= 15 is 0 Å². The number of hydrogen-bond acceptors (Lipinski definition) is 0. The quantitative estimate of drug-likeness (QED) is 0.156. The maximum absolute atomic E-state index is 2.53. The van der Waals surface area contributed by atoms with Gasteiger partial charge in [0.1, 0.15) is 0 Å². The van der Waals surface area contributed by atoms with E-state index in [-0.39, 0.29) is 5.41 Å². The van der Waals surface area contributed by atoms with Crippen LogP contribution in [-0.4, -0.2) is 0 Å². The first-order valence-corrected chi connectivity index (χ1v) is 21.1. The van der Waals surface area contributed by atoms with Crippen LogP contribution in [0.4, 0.5) is 0 Å². The molecule has 0 N–H and O–H groups in total. The Morgan fingerprint density at radius 2 is 0.927 bits per heavy atom. The van der Waals surface area contributed by atoms with E-state index < -0.39 is 7.92 Å². The SMILES string of the molecule is Cc1cc2cc(c1)CC(C)(c1cc(C)cc(C)c1)c1ccc3ccccc3c1-c1c(ccc3ccccc13)P(c1cc(C)cc(C)c1)c1cc(C)cc(c1)C2. The molecule has 4 bridgehead atoms. The summed E-state index contributed by atoms with van der Waals surface area (Å²) in [7, 11) is -0.962. The highest BCUT2D eigenvalue weighted by molar-refractivity contribution is 7.80. The van der Waals surface area contributed by atoms with Gasteiger partial charge in [-0.1, -0.05) is 186 Å².